The van der Waals surface area contributed by atoms with Crippen LogP contribution in [-0.2, 0) is 18.6 Å². The highest BCUT2D eigenvalue weighted by atomic mass is 32.2. The van der Waals surface area contributed by atoms with Crippen LogP contribution in [0.1, 0.15) is 38.8 Å². The van der Waals surface area contributed by atoms with Crippen molar-refractivity contribution in [2.45, 2.75) is 36.3 Å². The van der Waals surface area contributed by atoms with E-state index >= 15 is 0 Å². The smallest absolute Gasteiger partial charge is 0.265 e. The van der Waals surface area contributed by atoms with E-state index in [0.717, 1.165) is 46.2 Å². The van der Waals surface area contributed by atoms with Crippen molar-refractivity contribution in [3.63, 3.8) is 0 Å². The van der Waals surface area contributed by atoms with Gasteiger partial charge in [-0.3, -0.25) is 14.0 Å². The number of aryl methyl sites for hydroxylation is 2. The molecule has 0 aliphatic heterocycles. The third-order valence-corrected chi connectivity index (χ3v) is 8.19. The van der Waals surface area contributed by atoms with Crippen molar-refractivity contribution in [2.75, 3.05) is 5.32 Å². The molecule has 0 radical (unpaired) electrons. The molecule has 0 unspecified atom stereocenters. The number of benzene rings is 1. The SMILES string of the molecule is O=C(Nc1ccccc1SCc1cc(=O)n2c3c(sc2n1)CCCC3)c1cccs1. The number of carbonyl (C=O) groups is 1. The Labute approximate surface area is 185 Å². The molecule has 5 rings (SSSR count). The zero-order valence-corrected chi connectivity index (χ0v) is 18.5. The molecule has 152 valence electrons. The first-order valence-electron chi connectivity index (χ1n) is 9.79. The number of anilines is 1. The number of fused-ring (bicyclic) bond motifs is 3. The average molecular weight is 454 g/mol. The second-order valence-corrected chi connectivity index (χ2v) is 10.1. The Bertz CT molecular complexity index is 1270. The van der Waals surface area contributed by atoms with Gasteiger partial charge in [-0.25, -0.2) is 4.98 Å². The van der Waals surface area contributed by atoms with Crippen molar-refractivity contribution in [3.8, 4) is 0 Å². The van der Waals surface area contributed by atoms with Gasteiger partial charge in [-0.1, -0.05) is 18.2 Å². The number of para-hydroxylation sites is 1. The van der Waals surface area contributed by atoms with Crippen LogP contribution >= 0.6 is 34.4 Å². The number of thiophene rings is 1. The Morgan fingerprint density at radius 2 is 2.03 bits per heavy atom. The predicted octanol–water partition coefficient (Wildman–Crippen LogP) is 5.24. The lowest BCUT2D eigenvalue weighted by molar-refractivity contribution is 0.103. The second-order valence-electron chi connectivity index (χ2n) is 7.10. The van der Waals surface area contributed by atoms with E-state index in [0.29, 0.717) is 10.6 Å². The summed E-state index contributed by atoms with van der Waals surface area (Å²) in [6.45, 7) is 0. The van der Waals surface area contributed by atoms with E-state index in [2.05, 4.69) is 5.32 Å². The lowest BCUT2D eigenvalue weighted by Crippen LogP contribution is -2.17. The summed E-state index contributed by atoms with van der Waals surface area (Å²) in [6.07, 6.45) is 4.33. The lowest BCUT2D eigenvalue weighted by atomic mass is 10.0. The molecule has 0 bridgehead atoms. The molecule has 0 atom stereocenters. The molecule has 3 heterocycles. The van der Waals surface area contributed by atoms with Gasteiger partial charge in [-0.2, -0.15) is 0 Å². The third kappa shape index (κ3) is 3.82. The summed E-state index contributed by atoms with van der Waals surface area (Å²) >= 11 is 4.64. The van der Waals surface area contributed by atoms with E-state index in [-0.39, 0.29) is 11.5 Å². The van der Waals surface area contributed by atoms with Gasteiger partial charge in [0.25, 0.3) is 11.5 Å². The molecule has 4 aromatic rings. The minimum absolute atomic E-state index is 0.00860. The minimum Gasteiger partial charge on any atom is -0.320 e. The first-order chi connectivity index (χ1) is 14.7. The number of aromatic nitrogens is 2. The normalized spacial score (nSPS) is 13.3. The number of rotatable bonds is 5. The molecule has 1 aromatic carbocycles. The van der Waals surface area contributed by atoms with Crippen molar-refractivity contribution in [1.82, 2.24) is 9.38 Å². The van der Waals surface area contributed by atoms with Gasteiger partial charge in [0.2, 0.25) is 0 Å². The maximum absolute atomic E-state index is 12.8. The number of amides is 1. The Morgan fingerprint density at radius 3 is 2.90 bits per heavy atom. The van der Waals surface area contributed by atoms with Crippen LogP contribution in [0.2, 0.25) is 0 Å². The van der Waals surface area contributed by atoms with E-state index < -0.39 is 0 Å². The zero-order chi connectivity index (χ0) is 20.5. The summed E-state index contributed by atoms with van der Waals surface area (Å²) in [7, 11) is 0. The highest BCUT2D eigenvalue weighted by molar-refractivity contribution is 7.98. The largest absolute Gasteiger partial charge is 0.320 e. The molecule has 3 aromatic heterocycles. The Balaban J connectivity index is 1.37. The van der Waals surface area contributed by atoms with E-state index in [1.807, 2.05) is 41.8 Å². The predicted molar refractivity (Wildman–Crippen MR) is 124 cm³/mol. The molecular formula is C22H19N3O2S3. The van der Waals surface area contributed by atoms with Crippen LogP contribution in [0.25, 0.3) is 4.96 Å². The van der Waals surface area contributed by atoms with Gasteiger partial charge in [-0.15, -0.1) is 34.4 Å². The van der Waals surface area contributed by atoms with Gasteiger partial charge in [-0.05, 0) is 49.3 Å². The summed E-state index contributed by atoms with van der Waals surface area (Å²) < 4.78 is 1.79. The van der Waals surface area contributed by atoms with Crippen LogP contribution < -0.4 is 10.9 Å². The third-order valence-electron chi connectivity index (χ3n) is 5.07. The standard InChI is InChI=1S/C22H19N3O2S3/c26-20-12-14(23-22-25(20)16-7-2-4-9-18(16)30-22)13-29-17-8-3-1-6-15(17)24-21(27)19-10-5-11-28-19/h1,3,5-6,8,10-12H,2,4,7,9,13H2,(H,24,27). The molecule has 0 fully saturated rings. The number of thiazole rings is 1. The summed E-state index contributed by atoms with van der Waals surface area (Å²) in [4.78, 5) is 33.7. The molecule has 30 heavy (non-hydrogen) atoms. The topological polar surface area (TPSA) is 63.5 Å². The average Bonchev–Trinajstić information content (AvgIpc) is 3.41. The second kappa shape index (κ2) is 8.37. The van der Waals surface area contributed by atoms with Gasteiger partial charge < -0.3 is 5.32 Å². The number of nitrogens with zero attached hydrogens (tertiary/aromatic N) is 2. The number of hydrogen-bond donors (Lipinski definition) is 1. The van der Waals surface area contributed by atoms with Crippen LogP contribution in [0.5, 0.6) is 0 Å². The number of hydrogen-bond acceptors (Lipinski definition) is 6. The Morgan fingerprint density at radius 1 is 1.17 bits per heavy atom. The number of nitrogens with one attached hydrogen (secondary N) is 1. The van der Waals surface area contributed by atoms with Crippen molar-refractivity contribution < 1.29 is 4.79 Å². The van der Waals surface area contributed by atoms with E-state index in [4.69, 9.17) is 4.98 Å². The lowest BCUT2D eigenvalue weighted by Gasteiger charge is -2.11. The highest BCUT2D eigenvalue weighted by Gasteiger charge is 2.18. The molecule has 1 aliphatic rings. The van der Waals surface area contributed by atoms with Crippen LogP contribution in [0.3, 0.4) is 0 Å². The Hall–Kier alpha value is -2.42. The first-order valence-corrected chi connectivity index (χ1v) is 12.5. The monoisotopic (exact) mass is 453 g/mol. The van der Waals surface area contributed by atoms with E-state index in [1.54, 1.807) is 33.6 Å². The zero-order valence-electron chi connectivity index (χ0n) is 16.1. The van der Waals surface area contributed by atoms with Crippen LogP contribution in [-0.4, -0.2) is 15.3 Å². The molecule has 5 nitrogen and oxygen atoms in total. The van der Waals surface area contributed by atoms with Crippen molar-refractivity contribution in [3.05, 3.63) is 79.3 Å². The highest BCUT2D eigenvalue weighted by Crippen LogP contribution is 2.31. The minimum atomic E-state index is -0.111. The maximum Gasteiger partial charge on any atom is 0.265 e. The van der Waals surface area contributed by atoms with Gasteiger partial charge in [0, 0.05) is 27.3 Å². The summed E-state index contributed by atoms with van der Waals surface area (Å²) in [6, 6.07) is 13.0. The molecule has 0 saturated heterocycles. The van der Waals surface area contributed by atoms with Crippen LogP contribution in [0.4, 0.5) is 5.69 Å². The van der Waals surface area contributed by atoms with Gasteiger partial charge in [0.15, 0.2) is 4.96 Å². The van der Waals surface area contributed by atoms with Crippen molar-refractivity contribution >= 4 is 51.0 Å². The maximum atomic E-state index is 12.8. The van der Waals surface area contributed by atoms with Crippen molar-refractivity contribution in [1.29, 1.82) is 0 Å². The Kier molecular flexibility index (Phi) is 5.45. The van der Waals surface area contributed by atoms with Gasteiger partial charge >= 0.3 is 0 Å². The molecule has 1 N–H and O–H groups in total. The molecule has 1 aliphatic carbocycles. The number of carbonyl (C=O) groups excluding carboxylic acids is 1. The van der Waals surface area contributed by atoms with E-state index in [1.165, 1.54) is 22.6 Å². The van der Waals surface area contributed by atoms with E-state index in [9.17, 15) is 9.59 Å². The summed E-state index contributed by atoms with van der Waals surface area (Å²) in [5.41, 5.74) is 2.70. The van der Waals surface area contributed by atoms with Gasteiger partial charge in [0.1, 0.15) is 0 Å². The molecule has 8 heteroatoms. The van der Waals surface area contributed by atoms with Crippen LogP contribution in [0.15, 0.2) is 57.5 Å². The summed E-state index contributed by atoms with van der Waals surface area (Å²) in [5.74, 6) is 0.459. The fourth-order valence-electron chi connectivity index (χ4n) is 3.65. The molecule has 0 saturated carbocycles. The summed E-state index contributed by atoms with van der Waals surface area (Å²) in [5, 5.41) is 4.88. The molecule has 0 spiro atoms. The molecular weight excluding hydrogens is 434 g/mol. The van der Waals surface area contributed by atoms with Gasteiger partial charge in [0.05, 0.1) is 16.3 Å². The van der Waals surface area contributed by atoms with Crippen LogP contribution in [0, 0.1) is 0 Å². The first kappa shape index (κ1) is 19.5. The molecule has 1 amide bonds. The number of thioether (sulfide) groups is 1. The quantitative estimate of drug-likeness (QED) is 0.420. The fraction of sp³-hybridized carbons (Fsp3) is 0.227. The fourth-order valence-corrected chi connectivity index (χ4v) is 6.41. The van der Waals surface area contributed by atoms with Crippen molar-refractivity contribution in [2.24, 2.45) is 0 Å².